The molecule has 0 spiro atoms. The average molecular weight is 395 g/mol. The quantitative estimate of drug-likeness (QED) is 0.735. The van der Waals surface area contributed by atoms with E-state index in [1.54, 1.807) is 6.92 Å². The fourth-order valence-electron chi connectivity index (χ4n) is 2.74. The normalized spacial score (nSPS) is 15.8. The van der Waals surface area contributed by atoms with Gasteiger partial charge in [0.1, 0.15) is 11.6 Å². The highest BCUT2D eigenvalue weighted by Gasteiger charge is 2.33. The number of alkyl halides is 3. The summed E-state index contributed by atoms with van der Waals surface area (Å²) in [5.41, 5.74) is -1.97. The molecule has 0 saturated carbocycles. The van der Waals surface area contributed by atoms with Gasteiger partial charge in [0.2, 0.25) is 5.91 Å². The second kappa shape index (κ2) is 8.11. The third kappa shape index (κ3) is 4.78. The number of piperidine rings is 1. The van der Waals surface area contributed by atoms with Gasteiger partial charge in [-0.2, -0.15) is 13.2 Å². The Hall–Kier alpha value is -2.03. The summed E-state index contributed by atoms with van der Waals surface area (Å²) < 4.78 is 44.1. The Balaban J connectivity index is 2.06. The molecule has 1 aromatic rings. The lowest BCUT2D eigenvalue weighted by atomic mass is 9.97. The van der Waals surface area contributed by atoms with E-state index in [1.165, 1.54) is 4.90 Å². The predicted molar refractivity (Wildman–Crippen MR) is 86.7 cm³/mol. The number of amides is 1. The largest absolute Gasteiger partial charge is 0.466 e. The third-order valence-electron chi connectivity index (χ3n) is 4.14. The molecule has 1 saturated heterocycles. The summed E-state index contributed by atoms with van der Waals surface area (Å²) in [4.78, 5) is 37.3. The summed E-state index contributed by atoms with van der Waals surface area (Å²) >= 11 is 5.57. The number of carbonyl (C=O) groups excluding carboxylic acids is 2. The number of hydrogen-bond donors (Lipinski definition) is 0. The molecule has 144 valence electrons. The lowest BCUT2D eigenvalue weighted by Gasteiger charge is -2.31. The second-order valence-electron chi connectivity index (χ2n) is 5.91. The Morgan fingerprint density at radius 1 is 1.31 bits per heavy atom. The van der Waals surface area contributed by atoms with Crippen LogP contribution in [0.15, 0.2) is 17.1 Å². The van der Waals surface area contributed by atoms with Gasteiger partial charge in [0, 0.05) is 19.3 Å². The van der Waals surface area contributed by atoms with Crippen molar-refractivity contribution in [2.24, 2.45) is 5.92 Å². The lowest BCUT2D eigenvalue weighted by Crippen LogP contribution is -2.43. The van der Waals surface area contributed by atoms with Crippen molar-refractivity contribution in [3.63, 3.8) is 0 Å². The summed E-state index contributed by atoms with van der Waals surface area (Å²) in [6, 6.07) is 0.537. The zero-order valence-corrected chi connectivity index (χ0v) is 14.8. The predicted octanol–water partition coefficient (Wildman–Crippen LogP) is 2.32. The van der Waals surface area contributed by atoms with E-state index in [0.29, 0.717) is 29.7 Å². The van der Waals surface area contributed by atoms with Gasteiger partial charge in [-0.3, -0.25) is 14.4 Å². The minimum atomic E-state index is -4.68. The zero-order valence-electron chi connectivity index (χ0n) is 14.0. The average Bonchev–Trinajstić information content (AvgIpc) is 2.58. The first kappa shape index (κ1) is 20.3. The zero-order chi connectivity index (χ0) is 19.5. The van der Waals surface area contributed by atoms with Gasteiger partial charge >= 0.3 is 12.1 Å². The fourth-order valence-corrected chi connectivity index (χ4v) is 2.97. The number of hydrogen-bond acceptors (Lipinski definition) is 4. The van der Waals surface area contributed by atoms with Crippen LogP contribution in [0, 0.1) is 5.92 Å². The molecule has 2 rings (SSSR count). The van der Waals surface area contributed by atoms with Crippen LogP contribution in [0.2, 0.25) is 5.02 Å². The second-order valence-corrected chi connectivity index (χ2v) is 6.32. The minimum Gasteiger partial charge on any atom is -0.466 e. The number of likely N-dealkylation sites (tertiary alicyclic amines) is 1. The van der Waals surface area contributed by atoms with Gasteiger partial charge in [-0.1, -0.05) is 11.6 Å². The molecule has 0 atom stereocenters. The van der Waals surface area contributed by atoms with Crippen LogP contribution in [-0.4, -0.2) is 41.0 Å². The fraction of sp³-hybridized carbons (Fsp3) is 0.562. The van der Waals surface area contributed by atoms with E-state index in [4.69, 9.17) is 16.3 Å². The molecule has 0 radical (unpaired) electrons. The van der Waals surface area contributed by atoms with Crippen LogP contribution < -0.4 is 5.56 Å². The molecule has 0 N–H and O–H groups in total. The summed E-state index contributed by atoms with van der Waals surface area (Å²) in [6.07, 6.45) is -3.29. The topological polar surface area (TPSA) is 68.6 Å². The van der Waals surface area contributed by atoms with Gasteiger partial charge in [0.05, 0.1) is 18.1 Å². The van der Waals surface area contributed by atoms with Crippen molar-refractivity contribution in [2.75, 3.05) is 19.7 Å². The molecule has 2 heterocycles. The lowest BCUT2D eigenvalue weighted by molar-refractivity contribution is -0.151. The van der Waals surface area contributed by atoms with Crippen LogP contribution >= 0.6 is 11.6 Å². The molecule has 1 amide bonds. The van der Waals surface area contributed by atoms with Crippen LogP contribution in [0.4, 0.5) is 13.2 Å². The highest BCUT2D eigenvalue weighted by Crippen LogP contribution is 2.29. The van der Waals surface area contributed by atoms with Gasteiger partial charge in [-0.05, 0) is 25.8 Å². The summed E-state index contributed by atoms with van der Waals surface area (Å²) in [7, 11) is 0. The SMILES string of the molecule is CCOC(=O)C1CCN(C(=O)Cn2cc(C(F)(F)F)cc(Cl)c2=O)CC1. The van der Waals surface area contributed by atoms with E-state index in [9.17, 15) is 27.6 Å². The molecule has 1 aliphatic rings. The van der Waals surface area contributed by atoms with Gasteiger partial charge in [-0.25, -0.2) is 0 Å². The standard InChI is InChI=1S/C16H18ClF3N2O4/c1-2-26-15(25)10-3-5-21(6-4-10)13(23)9-22-8-11(16(18,19)20)7-12(17)14(22)24/h7-8,10H,2-6,9H2,1H3. The van der Waals surface area contributed by atoms with Crippen LogP contribution in [0.5, 0.6) is 0 Å². The monoisotopic (exact) mass is 394 g/mol. The highest BCUT2D eigenvalue weighted by molar-refractivity contribution is 6.30. The minimum absolute atomic E-state index is 0.268. The molecule has 10 heteroatoms. The Morgan fingerprint density at radius 3 is 2.46 bits per heavy atom. The number of pyridine rings is 1. The Labute approximate surface area is 152 Å². The number of carbonyl (C=O) groups is 2. The maximum Gasteiger partial charge on any atom is 0.417 e. The first-order valence-electron chi connectivity index (χ1n) is 8.05. The van der Waals surface area contributed by atoms with Crippen LogP contribution in [-0.2, 0) is 27.0 Å². The van der Waals surface area contributed by atoms with Gasteiger partial charge < -0.3 is 14.2 Å². The van der Waals surface area contributed by atoms with Crippen molar-refractivity contribution in [3.8, 4) is 0 Å². The molecule has 6 nitrogen and oxygen atoms in total. The van der Waals surface area contributed by atoms with Gasteiger partial charge in [-0.15, -0.1) is 0 Å². The molecular formula is C16H18ClF3N2O4. The Morgan fingerprint density at radius 2 is 1.92 bits per heavy atom. The van der Waals surface area contributed by atoms with Crippen molar-refractivity contribution in [1.82, 2.24) is 9.47 Å². The third-order valence-corrected chi connectivity index (χ3v) is 4.41. The number of esters is 1. The van der Waals surface area contributed by atoms with Gasteiger partial charge in [0.15, 0.2) is 0 Å². The van der Waals surface area contributed by atoms with Crippen molar-refractivity contribution < 1.29 is 27.5 Å². The van der Waals surface area contributed by atoms with Gasteiger partial charge in [0.25, 0.3) is 5.56 Å². The first-order valence-corrected chi connectivity index (χ1v) is 8.43. The van der Waals surface area contributed by atoms with E-state index in [0.717, 1.165) is 0 Å². The number of nitrogens with zero attached hydrogens (tertiary/aromatic N) is 2. The number of rotatable bonds is 4. The Bertz CT molecular complexity index is 740. The van der Waals surface area contributed by atoms with Crippen LogP contribution in [0.1, 0.15) is 25.3 Å². The molecule has 1 fully saturated rings. The number of halogens is 4. The number of aromatic nitrogens is 1. The molecule has 0 aliphatic carbocycles. The van der Waals surface area contributed by atoms with E-state index >= 15 is 0 Å². The smallest absolute Gasteiger partial charge is 0.417 e. The summed E-state index contributed by atoms with van der Waals surface area (Å²) in [6.45, 7) is 1.96. The van der Waals surface area contributed by atoms with E-state index in [2.05, 4.69) is 0 Å². The molecule has 1 aliphatic heterocycles. The molecular weight excluding hydrogens is 377 g/mol. The van der Waals surface area contributed by atoms with Crippen molar-refractivity contribution >= 4 is 23.5 Å². The van der Waals surface area contributed by atoms with Crippen molar-refractivity contribution in [1.29, 1.82) is 0 Å². The van der Waals surface area contributed by atoms with Crippen molar-refractivity contribution in [2.45, 2.75) is 32.5 Å². The van der Waals surface area contributed by atoms with Crippen molar-refractivity contribution in [3.05, 3.63) is 33.2 Å². The summed E-state index contributed by atoms with van der Waals surface area (Å²) in [5.74, 6) is -1.13. The number of ether oxygens (including phenoxy) is 1. The van der Waals surface area contributed by atoms with Crippen LogP contribution in [0.3, 0.4) is 0 Å². The molecule has 0 aromatic carbocycles. The highest BCUT2D eigenvalue weighted by atomic mass is 35.5. The van der Waals surface area contributed by atoms with E-state index in [1.807, 2.05) is 0 Å². The van der Waals surface area contributed by atoms with E-state index in [-0.39, 0.29) is 31.6 Å². The molecule has 26 heavy (non-hydrogen) atoms. The maximum atomic E-state index is 12.8. The first-order chi connectivity index (χ1) is 12.1. The van der Waals surface area contributed by atoms with Crippen LogP contribution in [0.25, 0.3) is 0 Å². The Kier molecular flexibility index (Phi) is 6.33. The summed E-state index contributed by atoms with van der Waals surface area (Å²) in [5, 5.41) is -0.603. The molecule has 1 aromatic heterocycles. The molecule has 0 unspecified atom stereocenters. The maximum absolute atomic E-state index is 12.8. The molecule has 0 bridgehead atoms. The van der Waals surface area contributed by atoms with E-state index < -0.39 is 34.8 Å².